The molecule has 0 aliphatic carbocycles. The van der Waals surface area contributed by atoms with Gasteiger partial charge in [-0.2, -0.15) is 0 Å². The SMILES string of the molecule is Cc1ccc2c(=S)n(N)ccc2c1. The van der Waals surface area contributed by atoms with Gasteiger partial charge in [0.25, 0.3) is 0 Å². The van der Waals surface area contributed by atoms with Gasteiger partial charge in [0.05, 0.1) is 0 Å². The number of hydrogen-bond donors (Lipinski definition) is 1. The van der Waals surface area contributed by atoms with Gasteiger partial charge in [0.2, 0.25) is 0 Å². The maximum atomic E-state index is 5.64. The number of nitrogens with zero attached hydrogens (tertiary/aromatic N) is 1. The Morgan fingerprint density at radius 3 is 2.85 bits per heavy atom. The largest absolute Gasteiger partial charge is 0.338 e. The average Bonchev–Trinajstić information content (AvgIpc) is 2.12. The van der Waals surface area contributed by atoms with E-state index in [1.165, 1.54) is 10.2 Å². The first-order chi connectivity index (χ1) is 6.18. The number of benzene rings is 1. The van der Waals surface area contributed by atoms with Gasteiger partial charge in [0.15, 0.2) is 0 Å². The molecule has 0 bridgehead atoms. The Kier molecular flexibility index (Phi) is 1.81. The number of nitrogen functional groups attached to an aromatic ring is 1. The lowest BCUT2D eigenvalue weighted by Crippen LogP contribution is -2.08. The topological polar surface area (TPSA) is 30.9 Å². The number of rotatable bonds is 0. The molecule has 1 heterocycles. The molecule has 0 aliphatic rings. The monoisotopic (exact) mass is 190 g/mol. The van der Waals surface area contributed by atoms with E-state index in [0.717, 1.165) is 10.8 Å². The van der Waals surface area contributed by atoms with Crippen LogP contribution in [-0.4, -0.2) is 4.68 Å². The van der Waals surface area contributed by atoms with Crippen molar-refractivity contribution in [1.29, 1.82) is 0 Å². The van der Waals surface area contributed by atoms with Crippen LogP contribution in [0.1, 0.15) is 5.56 Å². The summed E-state index contributed by atoms with van der Waals surface area (Å²) in [5, 5.41) is 2.18. The minimum absolute atomic E-state index is 0.678. The summed E-state index contributed by atoms with van der Waals surface area (Å²) in [5.74, 6) is 5.64. The third-order valence-corrected chi connectivity index (χ3v) is 2.52. The van der Waals surface area contributed by atoms with Gasteiger partial charge >= 0.3 is 0 Å². The highest BCUT2D eigenvalue weighted by Crippen LogP contribution is 2.15. The molecule has 0 amide bonds. The molecule has 0 saturated carbocycles. The van der Waals surface area contributed by atoms with E-state index in [9.17, 15) is 0 Å². The highest BCUT2D eigenvalue weighted by Gasteiger charge is 1.96. The van der Waals surface area contributed by atoms with Crippen molar-refractivity contribution >= 4 is 23.0 Å². The van der Waals surface area contributed by atoms with Crippen LogP contribution >= 0.6 is 12.2 Å². The molecule has 66 valence electrons. The highest BCUT2D eigenvalue weighted by molar-refractivity contribution is 7.71. The van der Waals surface area contributed by atoms with Crippen molar-refractivity contribution in [3.63, 3.8) is 0 Å². The van der Waals surface area contributed by atoms with Crippen molar-refractivity contribution in [2.75, 3.05) is 5.84 Å². The first-order valence-electron chi connectivity index (χ1n) is 4.05. The van der Waals surface area contributed by atoms with Gasteiger partial charge in [-0.25, -0.2) is 0 Å². The van der Waals surface area contributed by atoms with E-state index in [1.807, 2.05) is 18.2 Å². The molecular formula is C10H10N2S. The second-order valence-corrected chi connectivity index (χ2v) is 3.51. The smallest absolute Gasteiger partial charge is 0.132 e. The summed E-state index contributed by atoms with van der Waals surface area (Å²) in [5.41, 5.74) is 1.23. The zero-order valence-corrected chi connectivity index (χ0v) is 8.14. The molecule has 0 spiro atoms. The normalized spacial score (nSPS) is 10.5. The first-order valence-corrected chi connectivity index (χ1v) is 4.46. The van der Waals surface area contributed by atoms with Crippen LogP contribution in [0.2, 0.25) is 0 Å². The first kappa shape index (κ1) is 8.26. The van der Waals surface area contributed by atoms with Crippen LogP contribution < -0.4 is 5.84 Å². The van der Waals surface area contributed by atoms with Gasteiger partial charge in [-0.05, 0) is 18.4 Å². The summed E-state index contributed by atoms with van der Waals surface area (Å²) in [6.45, 7) is 2.06. The fraction of sp³-hybridized carbons (Fsp3) is 0.100. The fourth-order valence-electron chi connectivity index (χ4n) is 1.38. The molecule has 0 unspecified atom stereocenters. The van der Waals surface area contributed by atoms with Crippen molar-refractivity contribution in [2.45, 2.75) is 6.92 Å². The van der Waals surface area contributed by atoms with Crippen LogP contribution in [0.3, 0.4) is 0 Å². The second-order valence-electron chi connectivity index (χ2n) is 3.12. The Morgan fingerprint density at radius 1 is 1.31 bits per heavy atom. The molecule has 0 radical (unpaired) electrons. The molecule has 2 nitrogen and oxygen atoms in total. The van der Waals surface area contributed by atoms with E-state index in [-0.39, 0.29) is 0 Å². The van der Waals surface area contributed by atoms with E-state index < -0.39 is 0 Å². The molecule has 2 aromatic rings. The lowest BCUT2D eigenvalue weighted by molar-refractivity contribution is 0.984. The Labute approximate surface area is 81.6 Å². The van der Waals surface area contributed by atoms with Crippen LogP contribution in [0.25, 0.3) is 10.8 Å². The zero-order chi connectivity index (χ0) is 9.42. The second kappa shape index (κ2) is 2.85. The third kappa shape index (κ3) is 1.31. The summed E-state index contributed by atoms with van der Waals surface area (Å²) in [6.07, 6.45) is 1.78. The van der Waals surface area contributed by atoms with Crippen molar-refractivity contribution in [2.24, 2.45) is 0 Å². The Bertz CT molecular complexity index is 514. The lowest BCUT2D eigenvalue weighted by atomic mass is 10.1. The molecule has 0 saturated heterocycles. The van der Waals surface area contributed by atoms with E-state index in [1.54, 1.807) is 6.20 Å². The Morgan fingerprint density at radius 2 is 2.08 bits per heavy atom. The number of hydrogen-bond acceptors (Lipinski definition) is 2. The van der Waals surface area contributed by atoms with Crippen molar-refractivity contribution < 1.29 is 0 Å². The maximum absolute atomic E-state index is 5.64. The van der Waals surface area contributed by atoms with E-state index in [4.69, 9.17) is 18.1 Å². The summed E-state index contributed by atoms with van der Waals surface area (Å²) in [6, 6.07) is 8.12. The van der Waals surface area contributed by atoms with Gasteiger partial charge in [-0.15, -0.1) is 0 Å². The number of pyridine rings is 1. The molecule has 3 heteroatoms. The lowest BCUT2D eigenvalue weighted by Gasteiger charge is -2.03. The summed E-state index contributed by atoms with van der Waals surface area (Å²) >= 11 is 5.18. The minimum atomic E-state index is 0.678. The van der Waals surface area contributed by atoms with Crippen molar-refractivity contribution in [3.8, 4) is 0 Å². The number of aryl methyl sites for hydroxylation is 1. The molecule has 0 fully saturated rings. The number of nitrogens with two attached hydrogens (primary N) is 1. The maximum Gasteiger partial charge on any atom is 0.132 e. The molecule has 2 N–H and O–H groups in total. The van der Waals surface area contributed by atoms with E-state index >= 15 is 0 Å². The Hall–Kier alpha value is -1.35. The molecule has 0 atom stereocenters. The van der Waals surface area contributed by atoms with E-state index in [2.05, 4.69) is 13.0 Å². The number of aromatic nitrogens is 1. The quantitative estimate of drug-likeness (QED) is 0.511. The standard InChI is InChI=1S/C10H10N2S/c1-7-2-3-9-8(6-7)4-5-12(11)10(9)13/h2-6H,11H2,1H3. The Balaban J connectivity index is 2.95. The zero-order valence-electron chi connectivity index (χ0n) is 7.32. The predicted molar refractivity (Wildman–Crippen MR) is 57.7 cm³/mol. The predicted octanol–water partition coefficient (Wildman–Crippen LogP) is 2.39. The van der Waals surface area contributed by atoms with Crippen LogP contribution in [0.15, 0.2) is 30.5 Å². The van der Waals surface area contributed by atoms with Crippen LogP contribution in [0, 0.1) is 11.6 Å². The fourth-order valence-corrected chi connectivity index (χ4v) is 1.63. The van der Waals surface area contributed by atoms with Crippen molar-refractivity contribution in [1.82, 2.24) is 4.68 Å². The molecule has 13 heavy (non-hydrogen) atoms. The van der Waals surface area contributed by atoms with Crippen LogP contribution in [0.4, 0.5) is 0 Å². The van der Waals surface area contributed by atoms with Gasteiger partial charge in [-0.1, -0.05) is 36.0 Å². The molecule has 1 aromatic heterocycles. The van der Waals surface area contributed by atoms with Gasteiger partial charge in [0, 0.05) is 11.6 Å². The summed E-state index contributed by atoms with van der Waals surface area (Å²) in [4.78, 5) is 0. The van der Waals surface area contributed by atoms with E-state index in [0.29, 0.717) is 4.64 Å². The average molecular weight is 190 g/mol. The summed E-state index contributed by atoms with van der Waals surface area (Å²) < 4.78 is 2.14. The molecule has 2 rings (SSSR count). The van der Waals surface area contributed by atoms with Gasteiger partial charge in [0.1, 0.15) is 4.64 Å². The van der Waals surface area contributed by atoms with Crippen LogP contribution in [-0.2, 0) is 0 Å². The molecule has 1 aromatic carbocycles. The minimum Gasteiger partial charge on any atom is -0.338 e. The summed E-state index contributed by atoms with van der Waals surface area (Å²) in [7, 11) is 0. The van der Waals surface area contributed by atoms with Gasteiger partial charge < -0.3 is 5.84 Å². The van der Waals surface area contributed by atoms with Crippen molar-refractivity contribution in [3.05, 3.63) is 40.7 Å². The third-order valence-electron chi connectivity index (χ3n) is 2.09. The molecule has 0 aliphatic heterocycles. The number of fused-ring (bicyclic) bond motifs is 1. The van der Waals surface area contributed by atoms with Gasteiger partial charge in [-0.3, -0.25) is 4.68 Å². The highest BCUT2D eigenvalue weighted by atomic mass is 32.1. The molecular weight excluding hydrogens is 180 g/mol. The van der Waals surface area contributed by atoms with Crippen LogP contribution in [0.5, 0.6) is 0 Å².